The fraction of sp³-hybridized carbons (Fsp3) is 0.182. The molecule has 0 bridgehead atoms. The summed E-state index contributed by atoms with van der Waals surface area (Å²) in [5.74, 6) is -0.307. The number of hydrogen-bond acceptors (Lipinski definition) is 4. The van der Waals surface area contributed by atoms with Crippen LogP contribution in [-0.2, 0) is 5.75 Å². The van der Waals surface area contributed by atoms with E-state index in [-0.39, 0.29) is 5.04 Å². The Bertz CT molecular complexity index is 400. The van der Waals surface area contributed by atoms with Gasteiger partial charge in [-0.2, -0.15) is 10.5 Å². The van der Waals surface area contributed by atoms with Crippen molar-refractivity contribution in [3.8, 4) is 12.1 Å². The molecule has 0 aliphatic rings. The monoisotopic (exact) mass is 215 g/mol. The molecule has 0 amide bonds. The van der Waals surface area contributed by atoms with Crippen LogP contribution < -0.4 is 0 Å². The van der Waals surface area contributed by atoms with Crippen LogP contribution in [0.25, 0.3) is 0 Å². The minimum absolute atomic E-state index is 0.115. The van der Waals surface area contributed by atoms with E-state index < -0.39 is 5.92 Å². The third-order valence-corrected chi connectivity index (χ3v) is 2.78. The highest BCUT2D eigenvalue weighted by molar-refractivity contribution is 8.13. The van der Waals surface area contributed by atoms with Crippen molar-refractivity contribution in [2.75, 3.05) is 0 Å². The Morgan fingerprint density at radius 1 is 1.27 bits per heavy atom. The largest absolute Gasteiger partial charge is 0.296 e. The van der Waals surface area contributed by atoms with Crippen LogP contribution in [0.15, 0.2) is 30.3 Å². The van der Waals surface area contributed by atoms with Crippen LogP contribution in [-0.4, -0.2) is 5.04 Å². The molecule has 1 rings (SSSR count). The molecule has 0 saturated heterocycles. The van der Waals surface area contributed by atoms with Gasteiger partial charge in [-0.1, -0.05) is 30.3 Å². The molecule has 0 aromatic heterocycles. The van der Waals surface area contributed by atoms with Crippen molar-refractivity contribution < 1.29 is 0 Å². The van der Waals surface area contributed by atoms with Crippen LogP contribution in [0, 0.1) is 34.0 Å². The molecule has 0 fully saturated rings. The number of nitriles is 2. The topological polar surface area (TPSA) is 71.4 Å². The molecule has 4 heteroatoms. The molecule has 74 valence electrons. The Hall–Kier alpha value is -1.78. The zero-order valence-electron chi connectivity index (χ0n) is 7.97. The normalized spacial score (nSPS) is 9.27. The molecular weight excluding hydrogens is 206 g/mol. The van der Waals surface area contributed by atoms with Gasteiger partial charge in [-0.25, -0.2) is 0 Å². The van der Waals surface area contributed by atoms with Crippen molar-refractivity contribution in [3.63, 3.8) is 0 Å². The molecule has 0 aliphatic carbocycles. The summed E-state index contributed by atoms with van der Waals surface area (Å²) in [6.45, 7) is 0. The summed E-state index contributed by atoms with van der Waals surface area (Å²) in [4.78, 5) is 0. The third kappa shape index (κ3) is 3.46. The number of benzene rings is 1. The van der Waals surface area contributed by atoms with Gasteiger partial charge in [0.05, 0.1) is 17.2 Å². The molecule has 3 nitrogen and oxygen atoms in total. The van der Waals surface area contributed by atoms with Crippen LogP contribution in [0.2, 0.25) is 0 Å². The van der Waals surface area contributed by atoms with Crippen LogP contribution in [0.3, 0.4) is 0 Å². The molecule has 1 N–H and O–H groups in total. The first-order valence-corrected chi connectivity index (χ1v) is 5.31. The van der Waals surface area contributed by atoms with Gasteiger partial charge in [0, 0.05) is 5.75 Å². The van der Waals surface area contributed by atoms with Gasteiger partial charge >= 0.3 is 0 Å². The van der Waals surface area contributed by atoms with Gasteiger partial charge in [0.25, 0.3) is 0 Å². The zero-order valence-corrected chi connectivity index (χ0v) is 8.79. The molecule has 0 spiro atoms. The smallest absolute Gasteiger partial charge is 0.180 e. The van der Waals surface area contributed by atoms with E-state index >= 15 is 0 Å². The lowest BCUT2D eigenvalue weighted by molar-refractivity contribution is 1.15. The van der Waals surface area contributed by atoms with Gasteiger partial charge in [-0.15, -0.1) is 11.8 Å². The van der Waals surface area contributed by atoms with E-state index in [1.54, 1.807) is 12.1 Å². The maximum Gasteiger partial charge on any atom is 0.180 e. The highest BCUT2D eigenvalue weighted by atomic mass is 32.2. The number of thioether (sulfide) groups is 1. The number of nitrogens with zero attached hydrogens (tertiary/aromatic N) is 2. The summed E-state index contributed by atoms with van der Waals surface area (Å²) >= 11 is 1.23. The van der Waals surface area contributed by atoms with Gasteiger partial charge in [0.15, 0.2) is 5.92 Å². The molecular formula is C11H9N3S. The summed E-state index contributed by atoms with van der Waals surface area (Å²) in [5.41, 5.74) is 1.09. The highest BCUT2D eigenvalue weighted by Gasteiger charge is 2.12. The van der Waals surface area contributed by atoms with Crippen molar-refractivity contribution in [1.29, 1.82) is 15.9 Å². The minimum atomic E-state index is -0.932. The van der Waals surface area contributed by atoms with Crippen LogP contribution in [0.4, 0.5) is 0 Å². The van der Waals surface area contributed by atoms with E-state index in [0.717, 1.165) is 5.56 Å². The Labute approximate surface area is 92.8 Å². The molecule has 0 radical (unpaired) electrons. The fourth-order valence-electron chi connectivity index (χ4n) is 0.965. The van der Waals surface area contributed by atoms with Gasteiger partial charge in [-0.05, 0) is 5.56 Å². The van der Waals surface area contributed by atoms with Crippen LogP contribution >= 0.6 is 11.8 Å². The van der Waals surface area contributed by atoms with E-state index in [1.807, 2.05) is 30.3 Å². The van der Waals surface area contributed by atoms with Crippen LogP contribution in [0.1, 0.15) is 5.56 Å². The molecule has 0 unspecified atom stereocenters. The van der Waals surface area contributed by atoms with Gasteiger partial charge in [0.2, 0.25) is 0 Å². The minimum Gasteiger partial charge on any atom is -0.296 e. The molecule has 0 saturated carbocycles. The Balaban J connectivity index is 2.49. The van der Waals surface area contributed by atoms with Gasteiger partial charge in [-0.3, -0.25) is 5.41 Å². The average molecular weight is 215 g/mol. The highest BCUT2D eigenvalue weighted by Crippen LogP contribution is 2.16. The number of rotatable bonds is 3. The SMILES string of the molecule is N#CC(C#N)C(=N)SCc1ccccc1. The standard InChI is InChI=1S/C11H9N3S/c12-6-10(7-13)11(14)15-8-9-4-2-1-3-5-9/h1-5,10,14H,8H2. The first-order valence-electron chi connectivity index (χ1n) is 4.32. The second-order valence-electron chi connectivity index (χ2n) is 2.83. The Morgan fingerprint density at radius 3 is 2.40 bits per heavy atom. The predicted molar refractivity (Wildman–Crippen MR) is 60.2 cm³/mol. The second kappa shape index (κ2) is 5.85. The number of hydrogen-bond donors (Lipinski definition) is 1. The molecule has 0 heterocycles. The molecule has 0 aliphatic heterocycles. The zero-order chi connectivity index (χ0) is 11.1. The van der Waals surface area contributed by atoms with Crippen molar-refractivity contribution in [1.82, 2.24) is 0 Å². The van der Waals surface area contributed by atoms with E-state index in [9.17, 15) is 0 Å². The third-order valence-electron chi connectivity index (χ3n) is 1.76. The van der Waals surface area contributed by atoms with Crippen molar-refractivity contribution in [3.05, 3.63) is 35.9 Å². The van der Waals surface area contributed by atoms with Crippen LogP contribution in [0.5, 0.6) is 0 Å². The predicted octanol–water partition coefficient (Wildman–Crippen LogP) is 2.56. The first kappa shape index (κ1) is 11.3. The van der Waals surface area contributed by atoms with E-state index in [1.165, 1.54) is 11.8 Å². The van der Waals surface area contributed by atoms with Crippen molar-refractivity contribution in [2.24, 2.45) is 5.92 Å². The maximum absolute atomic E-state index is 8.57. The first-order chi connectivity index (χ1) is 7.27. The van der Waals surface area contributed by atoms with Crippen molar-refractivity contribution >= 4 is 16.8 Å². The maximum atomic E-state index is 8.57. The lowest BCUT2D eigenvalue weighted by Crippen LogP contribution is -2.05. The number of nitrogens with one attached hydrogen (secondary N) is 1. The quantitative estimate of drug-likeness (QED) is 0.622. The Morgan fingerprint density at radius 2 is 1.87 bits per heavy atom. The van der Waals surface area contributed by atoms with Gasteiger partial charge in [0.1, 0.15) is 0 Å². The summed E-state index contributed by atoms with van der Waals surface area (Å²) < 4.78 is 0. The summed E-state index contributed by atoms with van der Waals surface area (Å²) in [6.07, 6.45) is 0. The Kier molecular flexibility index (Phi) is 4.40. The molecule has 1 aromatic carbocycles. The van der Waals surface area contributed by atoms with E-state index in [4.69, 9.17) is 15.9 Å². The second-order valence-corrected chi connectivity index (χ2v) is 3.85. The molecule has 15 heavy (non-hydrogen) atoms. The van der Waals surface area contributed by atoms with Crippen molar-refractivity contribution in [2.45, 2.75) is 5.75 Å². The lowest BCUT2D eigenvalue weighted by Gasteiger charge is -2.02. The molecule has 0 atom stereocenters. The fourth-order valence-corrected chi connectivity index (χ4v) is 1.75. The average Bonchev–Trinajstić information content (AvgIpc) is 2.29. The van der Waals surface area contributed by atoms with Gasteiger partial charge < -0.3 is 0 Å². The summed E-state index contributed by atoms with van der Waals surface area (Å²) in [7, 11) is 0. The summed E-state index contributed by atoms with van der Waals surface area (Å²) in [5, 5.41) is 24.8. The molecule has 1 aromatic rings. The summed E-state index contributed by atoms with van der Waals surface area (Å²) in [6, 6.07) is 13.2. The lowest BCUT2D eigenvalue weighted by atomic mass is 10.2. The van der Waals surface area contributed by atoms with E-state index in [0.29, 0.717) is 5.75 Å². The van der Waals surface area contributed by atoms with E-state index in [2.05, 4.69) is 0 Å².